The van der Waals surface area contributed by atoms with Crippen LogP contribution in [0.15, 0.2) is 59.8 Å². The molecule has 1 atom stereocenters. The minimum atomic E-state index is -3.63. The lowest BCUT2D eigenvalue weighted by Crippen LogP contribution is -2.21. The summed E-state index contributed by atoms with van der Waals surface area (Å²) in [5, 5.41) is 11.2. The second-order valence-corrected chi connectivity index (χ2v) is 9.16. The van der Waals surface area contributed by atoms with Crippen molar-refractivity contribution in [2.75, 3.05) is 5.75 Å². The van der Waals surface area contributed by atoms with Gasteiger partial charge in [0.2, 0.25) is 10.0 Å². The number of nitrogens with two attached hydrogens (primary N) is 1. The first-order valence-corrected chi connectivity index (χ1v) is 11.3. The number of fused-ring (bicyclic) bond motifs is 2. The summed E-state index contributed by atoms with van der Waals surface area (Å²) in [6, 6.07) is 11.0. The van der Waals surface area contributed by atoms with Crippen LogP contribution in [0.1, 0.15) is 24.8 Å². The van der Waals surface area contributed by atoms with Crippen LogP contribution in [-0.2, 0) is 17.1 Å². The van der Waals surface area contributed by atoms with Crippen LogP contribution in [0.3, 0.4) is 0 Å². The zero-order valence-electron chi connectivity index (χ0n) is 16.7. The zero-order valence-corrected chi connectivity index (χ0v) is 17.6. The van der Waals surface area contributed by atoms with Crippen LogP contribution < -0.4 is 10.6 Å². The largest absolute Gasteiger partial charge is 0.289 e. The van der Waals surface area contributed by atoms with Crippen LogP contribution in [0.5, 0.6) is 0 Å². The van der Waals surface area contributed by atoms with Crippen molar-refractivity contribution in [2.24, 2.45) is 12.2 Å². The van der Waals surface area contributed by atoms with Crippen LogP contribution in [0.25, 0.3) is 32.8 Å². The molecular formula is C22H22N4O3S. The summed E-state index contributed by atoms with van der Waals surface area (Å²) in [7, 11) is -1.79. The molecule has 0 saturated heterocycles. The Labute approximate surface area is 174 Å². The molecular weight excluding hydrogens is 400 g/mol. The third kappa shape index (κ3) is 3.96. The van der Waals surface area contributed by atoms with E-state index in [-0.39, 0.29) is 17.1 Å². The van der Waals surface area contributed by atoms with Gasteiger partial charge in [0.05, 0.1) is 17.5 Å². The highest BCUT2D eigenvalue weighted by molar-refractivity contribution is 7.89. The van der Waals surface area contributed by atoms with Gasteiger partial charge in [-0.2, -0.15) is 5.10 Å². The molecule has 2 N–H and O–H groups in total. The SMILES string of the molecule is CCC(CS(N)(=O)=O)c1ccc2ccc3ncc(-c4cnn(C)c4)cc3c(=O)c2c1. The molecule has 0 bridgehead atoms. The first-order chi connectivity index (χ1) is 14.2. The molecule has 2 heterocycles. The van der Waals surface area contributed by atoms with Gasteiger partial charge in [-0.05, 0) is 41.5 Å². The van der Waals surface area contributed by atoms with Crippen LogP contribution >= 0.6 is 0 Å². The smallest absolute Gasteiger partial charge is 0.209 e. The van der Waals surface area contributed by atoms with Gasteiger partial charge in [0.15, 0.2) is 5.43 Å². The Morgan fingerprint density at radius 3 is 2.50 bits per heavy atom. The first-order valence-electron chi connectivity index (χ1n) is 9.61. The number of benzene rings is 1. The Balaban J connectivity index is 1.93. The fourth-order valence-corrected chi connectivity index (χ4v) is 4.72. The third-order valence-electron chi connectivity index (χ3n) is 5.34. The molecule has 2 aromatic heterocycles. The van der Waals surface area contributed by atoms with E-state index < -0.39 is 10.0 Å². The lowest BCUT2D eigenvalue weighted by Gasteiger charge is -2.14. The fourth-order valence-electron chi connectivity index (χ4n) is 3.73. The number of aromatic nitrogens is 3. The Hall–Kier alpha value is -3.10. The van der Waals surface area contributed by atoms with E-state index in [9.17, 15) is 13.2 Å². The predicted molar refractivity (Wildman–Crippen MR) is 119 cm³/mol. The quantitative estimate of drug-likeness (QED) is 0.532. The van der Waals surface area contributed by atoms with Crippen molar-refractivity contribution in [1.29, 1.82) is 0 Å². The van der Waals surface area contributed by atoms with E-state index in [0.29, 0.717) is 22.7 Å². The lowest BCUT2D eigenvalue weighted by molar-refractivity contribution is 0.586. The van der Waals surface area contributed by atoms with Crippen LogP contribution in [0.2, 0.25) is 0 Å². The van der Waals surface area contributed by atoms with Crippen molar-refractivity contribution >= 4 is 31.7 Å². The fraction of sp³-hybridized carbons (Fsp3) is 0.227. The van der Waals surface area contributed by atoms with Crippen LogP contribution in [0, 0.1) is 0 Å². The predicted octanol–water partition coefficient (Wildman–Crippen LogP) is 2.93. The molecule has 154 valence electrons. The molecule has 0 saturated carbocycles. The molecule has 8 heteroatoms. The van der Waals surface area contributed by atoms with Gasteiger partial charge in [-0.1, -0.05) is 25.1 Å². The Morgan fingerprint density at radius 2 is 1.83 bits per heavy atom. The van der Waals surface area contributed by atoms with Crippen molar-refractivity contribution < 1.29 is 8.42 Å². The van der Waals surface area contributed by atoms with Gasteiger partial charge in [-0.25, -0.2) is 13.6 Å². The van der Waals surface area contributed by atoms with E-state index in [1.807, 2.05) is 50.5 Å². The summed E-state index contributed by atoms with van der Waals surface area (Å²) in [5.41, 5.74) is 2.93. The molecule has 0 amide bonds. The molecule has 7 nitrogen and oxygen atoms in total. The number of rotatable bonds is 5. The van der Waals surface area contributed by atoms with Gasteiger partial charge in [-0.15, -0.1) is 0 Å². The molecule has 1 unspecified atom stereocenters. The molecule has 0 aliphatic heterocycles. The van der Waals surface area contributed by atoms with Gasteiger partial charge >= 0.3 is 0 Å². The number of pyridine rings is 1. The highest BCUT2D eigenvalue weighted by Crippen LogP contribution is 2.26. The number of hydrogen-bond acceptors (Lipinski definition) is 5. The second-order valence-electron chi connectivity index (χ2n) is 7.50. The molecule has 2 aromatic carbocycles. The van der Waals surface area contributed by atoms with Gasteiger partial charge < -0.3 is 0 Å². The van der Waals surface area contributed by atoms with Crippen molar-refractivity contribution in [3.63, 3.8) is 0 Å². The molecule has 0 spiro atoms. The Kier molecular flexibility index (Phi) is 5.13. The molecule has 30 heavy (non-hydrogen) atoms. The maximum atomic E-state index is 13.4. The number of aryl methyl sites for hydroxylation is 1. The number of primary sulfonamides is 1. The van der Waals surface area contributed by atoms with Gasteiger partial charge in [0, 0.05) is 41.3 Å². The van der Waals surface area contributed by atoms with Gasteiger partial charge in [0.1, 0.15) is 0 Å². The van der Waals surface area contributed by atoms with E-state index in [1.54, 1.807) is 23.1 Å². The molecule has 0 aliphatic carbocycles. The molecule has 0 radical (unpaired) electrons. The number of sulfonamides is 1. The van der Waals surface area contributed by atoms with E-state index in [0.717, 1.165) is 22.1 Å². The first kappa shape index (κ1) is 20.2. The third-order valence-corrected chi connectivity index (χ3v) is 6.21. The summed E-state index contributed by atoms with van der Waals surface area (Å²) >= 11 is 0. The van der Waals surface area contributed by atoms with Crippen molar-refractivity contribution in [1.82, 2.24) is 14.8 Å². The van der Waals surface area contributed by atoms with Crippen LogP contribution in [0.4, 0.5) is 0 Å². The Bertz CT molecular complexity index is 1430. The molecule has 4 aromatic rings. The number of nitrogens with zero attached hydrogens (tertiary/aromatic N) is 3. The Morgan fingerprint density at radius 1 is 1.07 bits per heavy atom. The van der Waals surface area contributed by atoms with E-state index >= 15 is 0 Å². The van der Waals surface area contributed by atoms with Crippen molar-refractivity contribution in [2.45, 2.75) is 19.3 Å². The monoisotopic (exact) mass is 422 g/mol. The van der Waals surface area contributed by atoms with Gasteiger partial charge in [0.25, 0.3) is 0 Å². The average molecular weight is 423 g/mol. The van der Waals surface area contributed by atoms with E-state index in [1.165, 1.54) is 0 Å². The van der Waals surface area contributed by atoms with Crippen molar-refractivity contribution in [3.8, 4) is 11.1 Å². The maximum Gasteiger partial charge on any atom is 0.209 e. The second kappa shape index (κ2) is 7.62. The average Bonchev–Trinajstić information content (AvgIpc) is 3.09. The topological polar surface area (TPSA) is 108 Å². The van der Waals surface area contributed by atoms with Gasteiger partial charge in [-0.3, -0.25) is 14.5 Å². The van der Waals surface area contributed by atoms with E-state index in [2.05, 4.69) is 10.1 Å². The normalized spacial score (nSPS) is 13.0. The summed E-state index contributed by atoms with van der Waals surface area (Å²) in [6.45, 7) is 1.91. The highest BCUT2D eigenvalue weighted by atomic mass is 32.2. The van der Waals surface area contributed by atoms with E-state index in [4.69, 9.17) is 5.14 Å². The summed E-state index contributed by atoms with van der Waals surface area (Å²) in [6.07, 6.45) is 5.92. The maximum absolute atomic E-state index is 13.4. The summed E-state index contributed by atoms with van der Waals surface area (Å²) in [4.78, 5) is 17.9. The highest BCUT2D eigenvalue weighted by Gasteiger charge is 2.17. The summed E-state index contributed by atoms with van der Waals surface area (Å²) < 4.78 is 24.9. The minimum Gasteiger partial charge on any atom is -0.289 e. The molecule has 0 fully saturated rings. The standard InChI is InChI=1S/C22H22N4O3S/c1-3-14(13-30(23,28)29)16-5-4-15-6-7-21-20(22(27)19(15)8-16)9-17(10-24-21)18-11-25-26(2)12-18/h4-12,14H,3,13H2,1-2H3,(H2,23,28,29). The molecule has 4 rings (SSSR count). The minimum absolute atomic E-state index is 0.143. The van der Waals surface area contributed by atoms with Crippen molar-refractivity contribution in [3.05, 3.63) is 70.8 Å². The van der Waals surface area contributed by atoms with Crippen LogP contribution in [-0.4, -0.2) is 28.9 Å². The zero-order chi connectivity index (χ0) is 21.5. The lowest BCUT2D eigenvalue weighted by atomic mass is 9.96. The molecule has 0 aliphatic rings. The number of hydrogen-bond donors (Lipinski definition) is 1. The summed E-state index contributed by atoms with van der Waals surface area (Å²) in [5.74, 6) is -0.431.